The molecule has 0 saturated carbocycles. The highest BCUT2D eigenvalue weighted by Crippen LogP contribution is 2.20. The van der Waals surface area contributed by atoms with E-state index in [1.54, 1.807) is 29.2 Å². The van der Waals surface area contributed by atoms with Gasteiger partial charge in [-0.15, -0.1) is 0 Å². The zero-order valence-electron chi connectivity index (χ0n) is 10.6. The first-order valence-electron chi connectivity index (χ1n) is 6.02. The summed E-state index contributed by atoms with van der Waals surface area (Å²) in [6.45, 7) is -0.0363. The van der Waals surface area contributed by atoms with E-state index >= 15 is 0 Å². The van der Waals surface area contributed by atoms with Crippen LogP contribution in [0, 0.1) is 5.82 Å². The van der Waals surface area contributed by atoms with Crippen LogP contribution in [-0.2, 0) is 11.3 Å². The zero-order valence-corrected chi connectivity index (χ0v) is 11.3. The summed E-state index contributed by atoms with van der Waals surface area (Å²) in [5.41, 5.74) is 1.13. The van der Waals surface area contributed by atoms with Crippen molar-refractivity contribution < 1.29 is 14.3 Å². The standard InChI is InChI=1S/C15H13ClFNO2/c16-12-7-6-11(14(17)8-12)9-18(10-15(19)20)13-4-2-1-3-5-13/h1-8H,9-10H2,(H,19,20). The molecule has 0 aliphatic carbocycles. The summed E-state index contributed by atoms with van der Waals surface area (Å²) in [4.78, 5) is 12.5. The molecule has 0 fully saturated rings. The Labute approximate surface area is 121 Å². The van der Waals surface area contributed by atoms with Crippen LogP contribution < -0.4 is 4.90 Å². The van der Waals surface area contributed by atoms with E-state index in [-0.39, 0.29) is 13.1 Å². The number of nitrogens with zero attached hydrogens (tertiary/aromatic N) is 1. The lowest BCUT2D eigenvalue weighted by molar-refractivity contribution is -0.135. The lowest BCUT2D eigenvalue weighted by Gasteiger charge is -2.23. The lowest BCUT2D eigenvalue weighted by atomic mass is 10.2. The maximum absolute atomic E-state index is 13.8. The number of hydrogen-bond acceptors (Lipinski definition) is 2. The van der Waals surface area contributed by atoms with Gasteiger partial charge in [0.15, 0.2) is 0 Å². The molecule has 5 heteroatoms. The number of benzene rings is 2. The number of halogens is 2. The van der Waals surface area contributed by atoms with E-state index < -0.39 is 11.8 Å². The van der Waals surface area contributed by atoms with Gasteiger partial charge in [-0.3, -0.25) is 4.79 Å². The zero-order chi connectivity index (χ0) is 14.5. The first kappa shape index (κ1) is 14.3. The molecule has 0 saturated heterocycles. The van der Waals surface area contributed by atoms with Crippen molar-refractivity contribution in [1.82, 2.24) is 0 Å². The molecule has 20 heavy (non-hydrogen) atoms. The fourth-order valence-electron chi connectivity index (χ4n) is 1.90. The Morgan fingerprint density at radius 1 is 1.20 bits per heavy atom. The van der Waals surface area contributed by atoms with Crippen LogP contribution >= 0.6 is 11.6 Å². The topological polar surface area (TPSA) is 40.5 Å². The molecule has 0 aromatic heterocycles. The van der Waals surface area contributed by atoms with Crippen molar-refractivity contribution in [3.8, 4) is 0 Å². The van der Waals surface area contributed by atoms with Crippen LogP contribution in [0.15, 0.2) is 48.5 Å². The summed E-state index contributed by atoms with van der Waals surface area (Å²) >= 11 is 5.71. The molecule has 1 N–H and O–H groups in total. The van der Waals surface area contributed by atoms with Gasteiger partial charge in [0.1, 0.15) is 12.4 Å². The molecule has 2 rings (SSSR count). The maximum atomic E-state index is 13.8. The smallest absolute Gasteiger partial charge is 0.323 e. The lowest BCUT2D eigenvalue weighted by Crippen LogP contribution is -2.29. The number of anilines is 1. The molecule has 2 aromatic carbocycles. The van der Waals surface area contributed by atoms with Gasteiger partial charge in [-0.2, -0.15) is 0 Å². The molecular weight excluding hydrogens is 281 g/mol. The van der Waals surface area contributed by atoms with Crippen molar-refractivity contribution in [1.29, 1.82) is 0 Å². The highest BCUT2D eigenvalue weighted by molar-refractivity contribution is 6.30. The van der Waals surface area contributed by atoms with E-state index in [9.17, 15) is 9.18 Å². The molecule has 0 radical (unpaired) electrons. The quantitative estimate of drug-likeness (QED) is 0.916. The van der Waals surface area contributed by atoms with Gasteiger partial charge in [0.05, 0.1) is 0 Å². The summed E-state index contributed by atoms with van der Waals surface area (Å²) < 4.78 is 13.8. The van der Waals surface area contributed by atoms with Gasteiger partial charge < -0.3 is 10.0 Å². The van der Waals surface area contributed by atoms with Crippen molar-refractivity contribution in [3.63, 3.8) is 0 Å². The summed E-state index contributed by atoms with van der Waals surface area (Å²) in [5, 5.41) is 9.30. The molecule has 0 heterocycles. The number of carbonyl (C=O) groups is 1. The molecule has 0 amide bonds. The van der Waals surface area contributed by atoms with Crippen LogP contribution in [0.3, 0.4) is 0 Å². The van der Waals surface area contributed by atoms with Crippen molar-refractivity contribution >= 4 is 23.3 Å². The highest BCUT2D eigenvalue weighted by atomic mass is 35.5. The number of hydrogen-bond donors (Lipinski definition) is 1. The third-order valence-corrected chi connectivity index (χ3v) is 3.06. The molecular formula is C15H13ClFNO2. The molecule has 0 aliphatic heterocycles. The normalized spacial score (nSPS) is 10.3. The second kappa shape index (κ2) is 6.39. The van der Waals surface area contributed by atoms with Crippen molar-refractivity contribution in [2.24, 2.45) is 0 Å². The SMILES string of the molecule is O=C(O)CN(Cc1ccc(Cl)cc1F)c1ccccc1. The second-order valence-electron chi connectivity index (χ2n) is 4.32. The molecule has 0 spiro atoms. The minimum Gasteiger partial charge on any atom is -0.480 e. The summed E-state index contributed by atoms with van der Waals surface area (Å²) in [5.74, 6) is -1.41. The third kappa shape index (κ3) is 3.71. The van der Waals surface area contributed by atoms with Gasteiger partial charge in [-0.05, 0) is 24.3 Å². The third-order valence-electron chi connectivity index (χ3n) is 2.82. The number of carboxylic acid groups (broad SMARTS) is 1. The summed E-state index contributed by atoms with van der Waals surface area (Å²) in [6.07, 6.45) is 0. The maximum Gasteiger partial charge on any atom is 0.323 e. The number of aliphatic carboxylic acids is 1. The molecule has 0 bridgehead atoms. The van der Waals surface area contributed by atoms with E-state index in [4.69, 9.17) is 16.7 Å². The molecule has 3 nitrogen and oxygen atoms in total. The largest absolute Gasteiger partial charge is 0.480 e. The predicted molar refractivity (Wildman–Crippen MR) is 76.5 cm³/mol. The van der Waals surface area contributed by atoms with E-state index in [1.165, 1.54) is 6.07 Å². The monoisotopic (exact) mass is 293 g/mol. The average molecular weight is 294 g/mol. The van der Waals surface area contributed by atoms with Crippen LogP contribution in [0.5, 0.6) is 0 Å². The van der Waals surface area contributed by atoms with E-state index in [0.717, 1.165) is 5.69 Å². The first-order valence-corrected chi connectivity index (χ1v) is 6.40. The van der Waals surface area contributed by atoms with Crippen LogP contribution in [0.1, 0.15) is 5.56 Å². The Hall–Kier alpha value is -2.07. The summed E-state index contributed by atoms with van der Waals surface area (Å²) in [7, 11) is 0. The van der Waals surface area contributed by atoms with E-state index in [0.29, 0.717) is 10.6 Å². The first-order chi connectivity index (χ1) is 9.56. The Balaban J connectivity index is 2.26. The van der Waals surface area contributed by atoms with Gasteiger partial charge in [0, 0.05) is 22.8 Å². The number of rotatable bonds is 5. The molecule has 0 atom stereocenters. The van der Waals surface area contributed by atoms with Crippen molar-refractivity contribution in [3.05, 3.63) is 64.9 Å². The summed E-state index contributed by atoms with van der Waals surface area (Å²) in [6, 6.07) is 13.4. The van der Waals surface area contributed by atoms with Crippen LogP contribution in [0.25, 0.3) is 0 Å². The Bertz CT molecular complexity index is 604. The van der Waals surface area contributed by atoms with Gasteiger partial charge in [0.2, 0.25) is 0 Å². The minimum atomic E-state index is -0.969. The highest BCUT2D eigenvalue weighted by Gasteiger charge is 2.13. The van der Waals surface area contributed by atoms with Crippen LogP contribution in [0.4, 0.5) is 10.1 Å². The van der Waals surface area contributed by atoms with Crippen molar-refractivity contribution in [2.45, 2.75) is 6.54 Å². The predicted octanol–water partition coefficient (Wildman–Crippen LogP) is 3.57. The molecule has 0 unspecified atom stereocenters. The van der Waals surface area contributed by atoms with Crippen molar-refractivity contribution in [2.75, 3.05) is 11.4 Å². The van der Waals surface area contributed by atoms with Gasteiger partial charge in [-0.1, -0.05) is 35.9 Å². The average Bonchev–Trinajstić information content (AvgIpc) is 2.41. The fourth-order valence-corrected chi connectivity index (χ4v) is 2.05. The van der Waals surface area contributed by atoms with Crippen LogP contribution in [-0.4, -0.2) is 17.6 Å². The van der Waals surface area contributed by atoms with Gasteiger partial charge >= 0.3 is 5.97 Å². The van der Waals surface area contributed by atoms with Gasteiger partial charge in [0.25, 0.3) is 0 Å². The Kier molecular flexibility index (Phi) is 4.58. The van der Waals surface area contributed by atoms with E-state index in [1.807, 2.05) is 18.2 Å². The number of para-hydroxylation sites is 1. The Morgan fingerprint density at radius 3 is 2.50 bits per heavy atom. The minimum absolute atomic E-state index is 0.166. The van der Waals surface area contributed by atoms with Gasteiger partial charge in [-0.25, -0.2) is 4.39 Å². The fraction of sp³-hybridized carbons (Fsp3) is 0.133. The Morgan fingerprint density at radius 2 is 1.90 bits per heavy atom. The molecule has 0 aliphatic rings. The number of carboxylic acids is 1. The molecule has 104 valence electrons. The van der Waals surface area contributed by atoms with E-state index in [2.05, 4.69) is 0 Å². The second-order valence-corrected chi connectivity index (χ2v) is 4.76. The van der Waals surface area contributed by atoms with Crippen LogP contribution in [0.2, 0.25) is 5.02 Å². The molecule has 2 aromatic rings.